The van der Waals surface area contributed by atoms with E-state index in [1.165, 1.54) is 7.11 Å². The van der Waals surface area contributed by atoms with Crippen molar-refractivity contribution in [1.29, 1.82) is 0 Å². The molecule has 7 unspecified atom stereocenters. The Labute approximate surface area is 206 Å². The van der Waals surface area contributed by atoms with E-state index >= 15 is 0 Å². The van der Waals surface area contributed by atoms with Gasteiger partial charge in [-0.2, -0.15) is 0 Å². The number of aliphatic hydroxyl groups excluding tert-OH is 2. The maximum Gasteiger partial charge on any atom is 0.159 e. The zero-order valence-electron chi connectivity index (χ0n) is 22.3. The van der Waals surface area contributed by atoms with Crippen LogP contribution in [0.15, 0.2) is 0 Å². The third-order valence-corrected chi connectivity index (χ3v) is 6.77. The lowest BCUT2D eigenvalue weighted by Gasteiger charge is -2.39. The van der Waals surface area contributed by atoms with Crippen LogP contribution in [0.3, 0.4) is 0 Å². The van der Waals surface area contributed by atoms with Crippen LogP contribution in [0.1, 0.15) is 66.2 Å². The van der Waals surface area contributed by atoms with Crippen LogP contribution in [0.5, 0.6) is 0 Å². The molecule has 1 fully saturated rings. The first-order valence-electron chi connectivity index (χ1n) is 12.6. The average Bonchev–Trinajstić information content (AvgIpc) is 2.77. The molecule has 1 heterocycles. The quantitative estimate of drug-likeness (QED) is 0.177. The summed E-state index contributed by atoms with van der Waals surface area (Å²) in [6.07, 6.45) is 2.56. The first-order chi connectivity index (χ1) is 15.9. The van der Waals surface area contributed by atoms with Crippen LogP contribution in [-0.4, -0.2) is 109 Å². The van der Waals surface area contributed by atoms with Crippen LogP contribution in [0.2, 0.25) is 0 Å². The van der Waals surface area contributed by atoms with Gasteiger partial charge in [0.1, 0.15) is 11.9 Å². The number of hydrogen-bond acceptors (Lipinski definition) is 9. The summed E-state index contributed by atoms with van der Waals surface area (Å²) in [4.78, 5) is 13.3. The summed E-state index contributed by atoms with van der Waals surface area (Å²) < 4.78 is 17.3. The minimum Gasteiger partial charge on any atom is -0.390 e. The molecule has 34 heavy (non-hydrogen) atoms. The van der Waals surface area contributed by atoms with E-state index in [2.05, 4.69) is 24.3 Å². The van der Waals surface area contributed by atoms with Crippen molar-refractivity contribution in [1.82, 2.24) is 10.2 Å². The fraction of sp³-hybridized carbons (Fsp3) is 0.960. The van der Waals surface area contributed by atoms with Gasteiger partial charge in [0.25, 0.3) is 0 Å². The number of methoxy groups -OCH3 is 1. The molecular formula is C25H50N2O7. The van der Waals surface area contributed by atoms with Crippen LogP contribution in [-0.2, 0) is 19.0 Å². The van der Waals surface area contributed by atoms with Gasteiger partial charge in [-0.05, 0) is 73.5 Å². The fourth-order valence-electron chi connectivity index (χ4n) is 4.48. The van der Waals surface area contributed by atoms with Gasteiger partial charge >= 0.3 is 0 Å². The van der Waals surface area contributed by atoms with E-state index in [9.17, 15) is 20.1 Å². The van der Waals surface area contributed by atoms with Crippen molar-refractivity contribution in [3.05, 3.63) is 0 Å². The molecule has 1 rings (SSSR count). The second kappa shape index (κ2) is 15.5. The summed E-state index contributed by atoms with van der Waals surface area (Å²) in [6, 6.07) is 0.00995. The zero-order chi connectivity index (χ0) is 25.9. The second-order valence-corrected chi connectivity index (χ2v) is 10.5. The Kier molecular flexibility index (Phi) is 14.3. The smallest absolute Gasteiger partial charge is 0.159 e. The largest absolute Gasteiger partial charge is 0.390 e. The highest BCUT2D eigenvalue weighted by atomic mass is 16.7. The van der Waals surface area contributed by atoms with Crippen LogP contribution < -0.4 is 5.32 Å². The van der Waals surface area contributed by atoms with E-state index in [1.807, 2.05) is 13.8 Å². The highest BCUT2D eigenvalue weighted by Gasteiger charge is 2.35. The molecule has 9 atom stereocenters. The van der Waals surface area contributed by atoms with E-state index in [0.29, 0.717) is 38.3 Å². The van der Waals surface area contributed by atoms with E-state index in [-0.39, 0.29) is 24.7 Å². The molecule has 1 aliphatic rings. The van der Waals surface area contributed by atoms with Crippen molar-refractivity contribution in [2.75, 3.05) is 34.4 Å². The summed E-state index contributed by atoms with van der Waals surface area (Å²) in [5, 5.41) is 34.8. The summed E-state index contributed by atoms with van der Waals surface area (Å²) in [5.41, 5.74) is -1.35. The van der Waals surface area contributed by atoms with Gasteiger partial charge in [0.15, 0.2) is 6.29 Å². The van der Waals surface area contributed by atoms with Gasteiger partial charge in [0.2, 0.25) is 0 Å². The molecule has 0 aromatic rings. The lowest BCUT2D eigenvalue weighted by atomic mass is 9.94. The topological polar surface area (TPSA) is 121 Å². The van der Waals surface area contributed by atoms with Crippen LogP contribution >= 0.6 is 0 Å². The Hall–Kier alpha value is -0.650. The Bertz CT molecular complexity index is 563. The molecule has 0 aliphatic carbocycles. The average molecular weight is 491 g/mol. The third kappa shape index (κ3) is 11.0. The molecule has 9 nitrogen and oxygen atoms in total. The summed E-state index contributed by atoms with van der Waals surface area (Å²) in [6.45, 7) is 7.86. The van der Waals surface area contributed by atoms with E-state index in [0.717, 1.165) is 19.1 Å². The molecule has 1 saturated heterocycles. The van der Waals surface area contributed by atoms with Gasteiger partial charge in [-0.1, -0.05) is 6.92 Å². The molecule has 9 heteroatoms. The fourth-order valence-corrected chi connectivity index (χ4v) is 4.48. The Morgan fingerprint density at radius 3 is 2.47 bits per heavy atom. The van der Waals surface area contributed by atoms with Crippen molar-refractivity contribution in [3.8, 4) is 0 Å². The molecule has 0 aromatic carbocycles. The molecular weight excluding hydrogens is 440 g/mol. The number of carbonyl (C=O) groups is 1. The number of ether oxygens (including phenoxy) is 3. The molecule has 202 valence electrons. The maximum atomic E-state index is 11.1. The Balaban J connectivity index is 2.61. The second-order valence-electron chi connectivity index (χ2n) is 10.5. The minimum absolute atomic E-state index is 0.0354. The number of rotatable bonds is 17. The van der Waals surface area contributed by atoms with Gasteiger partial charge in [-0.3, -0.25) is 0 Å². The van der Waals surface area contributed by atoms with E-state index in [4.69, 9.17) is 14.2 Å². The van der Waals surface area contributed by atoms with Crippen molar-refractivity contribution in [2.24, 2.45) is 5.92 Å². The lowest BCUT2D eigenvalue weighted by molar-refractivity contribution is -0.237. The predicted molar refractivity (Wildman–Crippen MR) is 132 cm³/mol. The molecule has 0 bridgehead atoms. The highest BCUT2D eigenvalue weighted by molar-refractivity contribution is 5.52. The van der Waals surface area contributed by atoms with Gasteiger partial charge in [-0.25, -0.2) is 0 Å². The maximum absolute atomic E-state index is 11.1. The van der Waals surface area contributed by atoms with Gasteiger partial charge < -0.3 is 44.5 Å². The molecule has 0 aromatic heterocycles. The van der Waals surface area contributed by atoms with Crippen molar-refractivity contribution in [2.45, 2.75) is 115 Å². The molecule has 0 spiro atoms. The van der Waals surface area contributed by atoms with Crippen molar-refractivity contribution >= 4 is 6.29 Å². The summed E-state index contributed by atoms with van der Waals surface area (Å²) in [5.74, 6) is -0.0945. The van der Waals surface area contributed by atoms with Crippen LogP contribution in [0.25, 0.3) is 0 Å². The van der Waals surface area contributed by atoms with Gasteiger partial charge in [0.05, 0.1) is 31.0 Å². The summed E-state index contributed by atoms with van der Waals surface area (Å²) in [7, 11) is 5.59. The lowest BCUT2D eigenvalue weighted by Crippen LogP contribution is -2.53. The van der Waals surface area contributed by atoms with Gasteiger partial charge in [0, 0.05) is 31.5 Å². The monoisotopic (exact) mass is 490 g/mol. The van der Waals surface area contributed by atoms with Crippen LogP contribution in [0.4, 0.5) is 0 Å². The number of carbonyl (C=O) groups excluding carboxylic acids is 1. The molecule has 0 amide bonds. The minimum atomic E-state index is -1.35. The zero-order valence-corrected chi connectivity index (χ0v) is 22.3. The SMILES string of the molecule is COC[C@@](C)(O)C(O)C(C)NCCCC(O)[C@@H](CCC(C)C=O)OC1CC(N(C)C)CC(C)O1. The number of aliphatic hydroxyl groups is 3. The number of aldehydes is 1. The predicted octanol–water partition coefficient (Wildman–Crippen LogP) is 1.32. The normalized spacial score (nSPS) is 27.6. The summed E-state index contributed by atoms with van der Waals surface area (Å²) >= 11 is 0. The van der Waals surface area contributed by atoms with Gasteiger partial charge in [-0.15, -0.1) is 0 Å². The first kappa shape index (κ1) is 31.4. The Morgan fingerprint density at radius 2 is 1.88 bits per heavy atom. The number of nitrogens with zero attached hydrogens (tertiary/aromatic N) is 1. The molecule has 0 radical (unpaired) electrons. The van der Waals surface area contributed by atoms with Crippen molar-refractivity contribution in [3.63, 3.8) is 0 Å². The van der Waals surface area contributed by atoms with E-state index < -0.39 is 30.2 Å². The number of nitrogens with one attached hydrogen (secondary N) is 1. The highest BCUT2D eigenvalue weighted by Crippen LogP contribution is 2.26. The molecule has 4 N–H and O–H groups in total. The van der Waals surface area contributed by atoms with E-state index in [1.54, 1.807) is 13.8 Å². The Morgan fingerprint density at radius 1 is 1.21 bits per heavy atom. The first-order valence-corrected chi connectivity index (χ1v) is 12.6. The molecule has 0 saturated carbocycles. The number of hydrogen-bond donors (Lipinski definition) is 4. The standard InChI is InChI=1S/C25H50N2O7/c1-17(15-28)10-11-22(34-23-14-20(27(5)6)13-18(2)33-23)21(29)9-8-12-26-19(3)24(30)25(4,31)16-32-7/h15,17-24,26,29-31H,8-14,16H2,1-7H3/t17?,18?,19?,20?,21?,22-,23?,24?,25-/m1/s1. The van der Waals surface area contributed by atoms with Crippen molar-refractivity contribution < 1.29 is 34.3 Å². The third-order valence-electron chi connectivity index (χ3n) is 6.77. The molecule has 1 aliphatic heterocycles. The van der Waals surface area contributed by atoms with Crippen LogP contribution in [0, 0.1) is 5.92 Å².